The number of carbonyl (C=O) groups is 1. The van der Waals surface area contributed by atoms with Gasteiger partial charge in [0.1, 0.15) is 6.61 Å². The van der Waals surface area contributed by atoms with Crippen molar-refractivity contribution in [1.82, 2.24) is 10.6 Å². The third-order valence-electron chi connectivity index (χ3n) is 4.67. The average molecular weight is 481 g/mol. The summed E-state index contributed by atoms with van der Waals surface area (Å²) < 4.78 is 16.7. The summed E-state index contributed by atoms with van der Waals surface area (Å²) in [5.41, 5.74) is 2.66. The van der Waals surface area contributed by atoms with Crippen LogP contribution >= 0.6 is 35.4 Å². The van der Waals surface area contributed by atoms with Crippen LogP contribution in [0.25, 0.3) is 0 Å². The number of rotatable bonds is 7. The minimum atomic E-state index is -0.486. The molecule has 1 heterocycles. The van der Waals surface area contributed by atoms with Crippen LogP contribution in [0.5, 0.6) is 11.5 Å². The molecule has 6 nitrogen and oxygen atoms in total. The van der Waals surface area contributed by atoms with Crippen molar-refractivity contribution < 1.29 is 19.0 Å². The van der Waals surface area contributed by atoms with Crippen LogP contribution in [0.15, 0.2) is 47.7 Å². The molecule has 1 unspecified atom stereocenters. The van der Waals surface area contributed by atoms with Gasteiger partial charge in [0, 0.05) is 21.3 Å². The first-order valence-electron chi connectivity index (χ1n) is 9.54. The quantitative estimate of drug-likeness (QED) is 0.429. The Hall–Kier alpha value is -2.48. The summed E-state index contributed by atoms with van der Waals surface area (Å²) in [6, 6.07) is 10.2. The van der Waals surface area contributed by atoms with E-state index in [1.54, 1.807) is 25.1 Å². The molecule has 0 spiro atoms. The molecule has 164 valence electrons. The number of nitrogens with one attached hydrogen (secondary N) is 2. The molecule has 2 N–H and O–H groups in total. The lowest BCUT2D eigenvalue weighted by atomic mass is 9.95. The molecule has 1 aliphatic heterocycles. The van der Waals surface area contributed by atoms with Gasteiger partial charge in [0.2, 0.25) is 0 Å². The van der Waals surface area contributed by atoms with Crippen LogP contribution in [-0.4, -0.2) is 24.8 Å². The topological polar surface area (TPSA) is 68.8 Å². The maximum Gasteiger partial charge on any atom is 0.337 e. The Morgan fingerprint density at radius 2 is 1.90 bits per heavy atom. The average Bonchev–Trinajstić information content (AvgIpc) is 2.73. The molecule has 2 aromatic carbocycles. The van der Waals surface area contributed by atoms with Crippen molar-refractivity contribution in [2.75, 3.05) is 13.7 Å². The Morgan fingerprint density at radius 3 is 2.58 bits per heavy atom. The fourth-order valence-electron chi connectivity index (χ4n) is 3.21. The van der Waals surface area contributed by atoms with E-state index in [4.69, 9.17) is 49.6 Å². The molecule has 1 aliphatic rings. The minimum Gasteiger partial charge on any atom is -0.490 e. The Bertz CT molecular complexity index is 1040. The summed E-state index contributed by atoms with van der Waals surface area (Å²) in [4.78, 5) is 12.4. The van der Waals surface area contributed by atoms with Crippen LogP contribution in [-0.2, 0) is 16.1 Å². The van der Waals surface area contributed by atoms with E-state index in [1.807, 2.05) is 25.1 Å². The second-order valence-electron chi connectivity index (χ2n) is 6.73. The molecule has 0 fully saturated rings. The van der Waals surface area contributed by atoms with E-state index in [2.05, 4.69) is 10.6 Å². The lowest BCUT2D eigenvalue weighted by molar-refractivity contribution is -0.136. The number of hydrogen-bond donors (Lipinski definition) is 2. The molecule has 3 rings (SSSR count). The number of esters is 1. The van der Waals surface area contributed by atoms with Gasteiger partial charge in [-0.2, -0.15) is 0 Å². The number of carbonyl (C=O) groups excluding carboxylic acids is 1. The van der Waals surface area contributed by atoms with Gasteiger partial charge in [0.25, 0.3) is 0 Å². The normalized spacial score (nSPS) is 15.8. The molecule has 0 radical (unpaired) electrons. The van der Waals surface area contributed by atoms with Gasteiger partial charge in [-0.15, -0.1) is 0 Å². The van der Waals surface area contributed by atoms with Gasteiger partial charge in [-0.05, 0) is 55.9 Å². The number of allylic oxidation sites excluding steroid dienone is 1. The van der Waals surface area contributed by atoms with Crippen LogP contribution in [0.2, 0.25) is 10.0 Å². The Morgan fingerprint density at radius 1 is 1.13 bits per heavy atom. The summed E-state index contributed by atoms with van der Waals surface area (Å²) in [5.74, 6) is 0.646. The molecule has 0 amide bonds. The van der Waals surface area contributed by atoms with Crippen molar-refractivity contribution in [2.24, 2.45) is 0 Å². The summed E-state index contributed by atoms with van der Waals surface area (Å²) in [6.07, 6.45) is 0. The van der Waals surface area contributed by atoms with Crippen molar-refractivity contribution in [3.8, 4) is 11.5 Å². The smallest absolute Gasteiger partial charge is 0.337 e. The van der Waals surface area contributed by atoms with Crippen molar-refractivity contribution in [3.63, 3.8) is 0 Å². The van der Waals surface area contributed by atoms with E-state index in [1.165, 1.54) is 7.11 Å². The Labute approximate surface area is 196 Å². The molecule has 0 saturated heterocycles. The van der Waals surface area contributed by atoms with Gasteiger partial charge in [-0.25, -0.2) is 4.79 Å². The summed E-state index contributed by atoms with van der Waals surface area (Å²) in [7, 11) is 1.34. The van der Waals surface area contributed by atoms with E-state index < -0.39 is 12.0 Å². The van der Waals surface area contributed by atoms with Crippen LogP contribution in [0.4, 0.5) is 0 Å². The Balaban J connectivity index is 1.91. The number of benzene rings is 2. The van der Waals surface area contributed by atoms with Crippen molar-refractivity contribution in [1.29, 1.82) is 0 Å². The second-order valence-corrected chi connectivity index (χ2v) is 7.98. The Kier molecular flexibility index (Phi) is 7.64. The van der Waals surface area contributed by atoms with Gasteiger partial charge in [0.05, 0.1) is 25.3 Å². The molecule has 2 aromatic rings. The lowest BCUT2D eigenvalue weighted by Crippen LogP contribution is -2.45. The van der Waals surface area contributed by atoms with E-state index in [0.29, 0.717) is 44.5 Å². The predicted molar refractivity (Wildman–Crippen MR) is 125 cm³/mol. The highest BCUT2D eigenvalue weighted by Crippen LogP contribution is 2.35. The van der Waals surface area contributed by atoms with Crippen molar-refractivity contribution in [3.05, 3.63) is 68.8 Å². The monoisotopic (exact) mass is 480 g/mol. The molecule has 0 aliphatic carbocycles. The molecular weight excluding hydrogens is 459 g/mol. The molecule has 9 heteroatoms. The van der Waals surface area contributed by atoms with Gasteiger partial charge in [-0.1, -0.05) is 35.3 Å². The summed E-state index contributed by atoms with van der Waals surface area (Å²) in [5, 5.41) is 7.60. The zero-order valence-corrected chi connectivity index (χ0v) is 19.6. The summed E-state index contributed by atoms with van der Waals surface area (Å²) >= 11 is 17.5. The van der Waals surface area contributed by atoms with Gasteiger partial charge in [-0.3, -0.25) is 0 Å². The molecular formula is C22H22Cl2N2O4S. The molecule has 0 aromatic heterocycles. The maximum absolute atomic E-state index is 12.4. The fourth-order valence-corrected chi connectivity index (χ4v) is 3.94. The van der Waals surface area contributed by atoms with Gasteiger partial charge >= 0.3 is 5.97 Å². The minimum absolute atomic E-state index is 0.248. The SMILES string of the molecule is CCOc1cc(C2NC(=S)NC(C)=C2C(=O)OC)ccc1OCc1ccc(Cl)cc1Cl. The zero-order valence-electron chi connectivity index (χ0n) is 17.3. The van der Waals surface area contributed by atoms with Crippen molar-refractivity contribution >= 4 is 46.5 Å². The zero-order chi connectivity index (χ0) is 22.5. The van der Waals surface area contributed by atoms with Gasteiger partial charge < -0.3 is 24.8 Å². The highest BCUT2D eigenvalue weighted by atomic mass is 35.5. The molecule has 0 saturated carbocycles. The number of methoxy groups -OCH3 is 1. The highest BCUT2D eigenvalue weighted by Gasteiger charge is 2.31. The maximum atomic E-state index is 12.4. The molecule has 31 heavy (non-hydrogen) atoms. The van der Waals surface area contributed by atoms with Crippen molar-refractivity contribution in [2.45, 2.75) is 26.5 Å². The van der Waals surface area contributed by atoms with E-state index >= 15 is 0 Å². The van der Waals surface area contributed by atoms with Crippen LogP contribution in [0.3, 0.4) is 0 Å². The van der Waals surface area contributed by atoms with E-state index in [9.17, 15) is 4.79 Å². The largest absolute Gasteiger partial charge is 0.490 e. The fraction of sp³-hybridized carbons (Fsp3) is 0.273. The van der Waals surface area contributed by atoms with Crippen LogP contribution in [0.1, 0.15) is 31.0 Å². The van der Waals surface area contributed by atoms with Gasteiger partial charge in [0.15, 0.2) is 16.6 Å². The van der Waals surface area contributed by atoms with E-state index in [-0.39, 0.29) is 6.61 Å². The van der Waals surface area contributed by atoms with Crippen LogP contribution in [0, 0.1) is 0 Å². The number of thiocarbonyl (C=S) groups is 1. The number of hydrogen-bond acceptors (Lipinski definition) is 5. The van der Waals surface area contributed by atoms with Crippen LogP contribution < -0.4 is 20.1 Å². The number of ether oxygens (including phenoxy) is 3. The predicted octanol–water partition coefficient (Wildman–Crippen LogP) is 4.94. The first-order valence-corrected chi connectivity index (χ1v) is 10.7. The second kappa shape index (κ2) is 10.2. The highest BCUT2D eigenvalue weighted by molar-refractivity contribution is 7.80. The first kappa shape index (κ1) is 23.2. The summed E-state index contributed by atoms with van der Waals surface area (Å²) in [6.45, 7) is 4.35. The molecule has 1 atom stereocenters. The third kappa shape index (κ3) is 5.42. The number of halogens is 2. The first-order chi connectivity index (χ1) is 14.8. The lowest BCUT2D eigenvalue weighted by Gasteiger charge is -2.30. The molecule has 0 bridgehead atoms. The standard InChI is InChI=1S/C22H22Cl2N2O4S/c1-4-29-18-9-13(20-19(21(27)28-3)12(2)25-22(31)26-20)6-8-17(18)30-11-14-5-7-15(23)10-16(14)24/h5-10,20H,4,11H2,1-3H3,(H2,25,26,31). The van der Waals surface area contributed by atoms with E-state index in [0.717, 1.165) is 11.1 Å². The third-order valence-corrected chi connectivity index (χ3v) is 5.48.